The molecule has 0 atom stereocenters. The molecule has 1 aliphatic rings. The Morgan fingerprint density at radius 3 is 2.52 bits per heavy atom. The van der Waals surface area contributed by atoms with Crippen molar-refractivity contribution < 1.29 is 4.79 Å². The Bertz CT molecular complexity index is 565. The van der Waals surface area contributed by atoms with Gasteiger partial charge in [0.05, 0.1) is 11.3 Å². The van der Waals surface area contributed by atoms with Crippen molar-refractivity contribution in [1.82, 2.24) is 4.98 Å². The van der Waals surface area contributed by atoms with E-state index in [9.17, 15) is 4.79 Å². The van der Waals surface area contributed by atoms with Gasteiger partial charge in [0, 0.05) is 30.9 Å². The zero-order valence-electron chi connectivity index (χ0n) is 12.6. The number of rotatable bonds is 4. The molecule has 5 nitrogen and oxygen atoms in total. The molecule has 2 rings (SSSR count). The largest absolute Gasteiger partial charge is 0.389 e. The SMILES string of the molecule is Cc1cc(N2CCC(CC(N)=O)CC2)c(C(N)=S)c(C)n1. The van der Waals surface area contributed by atoms with Crippen molar-refractivity contribution >= 4 is 28.8 Å². The van der Waals surface area contributed by atoms with Crippen LogP contribution < -0.4 is 16.4 Å². The fourth-order valence-corrected chi connectivity index (χ4v) is 3.28. The summed E-state index contributed by atoms with van der Waals surface area (Å²) in [6, 6.07) is 2.04. The number of hydrogen-bond donors (Lipinski definition) is 2. The average Bonchev–Trinajstić information content (AvgIpc) is 2.37. The molecule has 1 saturated heterocycles. The maximum absolute atomic E-state index is 11.0. The number of pyridine rings is 1. The van der Waals surface area contributed by atoms with E-state index in [1.54, 1.807) is 0 Å². The Labute approximate surface area is 130 Å². The Hall–Kier alpha value is -1.69. The van der Waals surface area contributed by atoms with Crippen LogP contribution >= 0.6 is 12.2 Å². The van der Waals surface area contributed by atoms with Crippen LogP contribution in [0.25, 0.3) is 0 Å². The predicted molar refractivity (Wildman–Crippen MR) is 88.3 cm³/mol. The van der Waals surface area contributed by atoms with E-state index in [4.69, 9.17) is 23.7 Å². The molecule has 1 aromatic heterocycles. The van der Waals surface area contributed by atoms with Crippen LogP contribution in [-0.4, -0.2) is 29.0 Å². The minimum Gasteiger partial charge on any atom is -0.389 e. The van der Waals surface area contributed by atoms with E-state index in [0.717, 1.165) is 48.6 Å². The molecule has 1 aliphatic heterocycles. The summed E-state index contributed by atoms with van der Waals surface area (Å²) in [5.74, 6) is 0.170. The molecule has 0 saturated carbocycles. The molecule has 114 valence electrons. The van der Waals surface area contributed by atoms with Gasteiger partial charge in [-0.3, -0.25) is 9.78 Å². The maximum Gasteiger partial charge on any atom is 0.217 e. The standard InChI is InChI=1S/C15H22N4OS/c1-9-7-12(14(15(17)21)10(2)18-9)19-5-3-11(4-6-19)8-13(16)20/h7,11H,3-6,8H2,1-2H3,(H2,16,20)(H2,17,21). The molecule has 1 fully saturated rings. The van der Waals surface area contributed by atoms with E-state index < -0.39 is 0 Å². The van der Waals surface area contributed by atoms with Gasteiger partial charge in [0.2, 0.25) is 5.91 Å². The lowest BCUT2D eigenvalue weighted by Crippen LogP contribution is -2.36. The van der Waals surface area contributed by atoms with Crippen LogP contribution in [-0.2, 0) is 4.79 Å². The number of piperidine rings is 1. The van der Waals surface area contributed by atoms with E-state index >= 15 is 0 Å². The number of carbonyl (C=O) groups excluding carboxylic acids is 1. The van der Waals surface area contributed by atoms with Crippen molar-refractivity contribution in [1.29, 1.82) is 0 Å². The van der Waals surface area contributed by atoms with Crippen LogP contribution in [0, 0.1) is 19.8 Å². The summed E-state index contributed by atoms with van der Waals surface area (Å²) in [6.07, 6.45) is 2.39. The van der Waals surface area contributed by atoms with Gasteiger partial charge in [-0.1, -0.05) is 12.2 Å². The molecule has 2 heterocycles. The highest BCUT2D eigenvalue weighted by molar-refractivity contribution is 7.80. The molecule has 21 heavy (non-hydrogen) atoms. The smallest absolute Gasteiger partial charge is 0.217 e. The van der Waals surface area contributed by atoms with Crippen LogP contribution in [0.5, 0.6) is 0 Å². The third kappa shape index (κ3) is 3.69. The summed E-state index contributed by atoms with van der Waals surface area (Å²) in [5, 5.41) is 0. The highest BCUT2D eigenvalue weighted by Gasteiger charge is 2.24. The van der Waals surface area contributed by atoms with Crippen molar-refractivity contribution in [2.45, 2.75) is 33.1 Å². The summed E-state index contributed by atoms with van der Waals surface area (Å²) in [4.78, 5) is 18.1. The van der Waals surface area contributed by atoms with Gasteiger partial charge in [-0.15, -0.1) is 0 Å². The summed E-state index contributed by atoms with van der Waals surface area (Å²) in [5.41, 5.74) is 14.9. The van der Waals surface area contributed by atoms with Gasteiger partial charge in [-0.05, 0) is 38.7 Å². The number of primary amides is 1. The second-order valence-corrected chi connectivity index (χ2v) is 6.15. The minimum atomic E-state index is -0.215. The molecule has 0 aliphatic carbocycles. The lowest BCUT2D eigenvalue weighted by Gasteiger charge is -2.34. The van der Waals surface area contributed by atoms with Crippen molar-refractivity contribution in [2.24, 2.45) is 17.4 Å². The minimum absolute atomic E-state index is 0.215. The molecule has 0 spiro atoms. The Morgan fingerprint density at radius 2 is 2.00 bits per heavy atom. The fraction of sp³-hybridized carbons (Fsp3) is 0.533. The molecule has 1 amide bonds. The Kier molecular flexibility index (Phi) is 4.77. The average molecular weight is 306 g/mol. The van der Waals surface area contributed by atoms with Gasteiger partial charge in [0.25, 0.3) is 0 Å². The first-order chi connectivity index (χ1) is 9.88. The van der Waals surface area contributed by atoms with Gasteiger partial charge in [-0.2, -0.15) is 0 Å². The van der Waals surface area contributed by atoms with E-state index in [1.165, 1.54) is 0 Å². The fourth-order valence-electron chi connectivity index (χ4n) is 3.02. The predicted octanol–water partition coefficient (Wildman–Crippen LogP) is 1.42. The zero-order chi connectivity index (χ0) is 15.6. The zero-order valence-corrected chi connectivity index (χ0v) is 13.4. The number of nitrogens with two attached hydrogens (primary N) is 2. The number of anilines is 1. The van der Waals surface area contributed by atoms with Crippen LogP contribution in [0.4, 0.5) is 5.69 Å². The molecule has 0 radical (unpaired) electrons. The lowest BCUT2D eigenvalue weighted by molar-refractivity contribution is -0.119. The second-order valence-electron chi connectivity index (χ2n) is 5.71. The monoisotopic (exact) mass is 306 g/mol. The summed E-state index contributed by atoms with van der Waals surface area (Å²) < 4.78 is 0. The van der Waals surface area contributed by atoms with Crippen LogP contribution in [0.3, 0.4) is 0 Å². The van der Waals surface area contributed by atoms with E-state index in [2.05, 4.69) is 9.88 Å². The first-order valence-corrected chi connectivity index (χ1v) is 7.60. The van der Waals surface area contributed by atoms with E-state index in [0.29, 0.717) is 17.3 Å². The summed E-state index contributed by atoms with van der Waals surface area (Å²) in [6.45, 7) is 5.68. The Morgan fingerprint density at radius 1 is 1.38 bits per heavy atom. The number of hydrogen-bond acceptors (Lipinski definition) is 4. The number of nitrogens with zero attached hydrogens (tertiary/aromatic N) is 2. The summed E-state index contributed by atoms with van der Waals surface area (Å²) >= 11 is 5.18. The first kappa shape index (κ1) is 15.7. The number of carbonyl (C=O) groups is 1. The number of thiocarbonyl (C=S) groups is 1. The van der Waals surface area contributed by atoms with Crippen LogP contribution in [0.2, 0.25) is 0 Å². The third-order valence-electron chi connectivity index (χ3n) is 4.00. The maximum atomic E-state index is 11.0. The lowest BCUT2D eigenvalue weighted by atomic mass is 9.92. The van der Waals surface area contributed by atoms with Gasteiger partial charge in [-0.25, -0.2) is 0 Å². The van der Waals surface area contributed by atoms with Crippen LogP contribution in [0.15, 0.2) is 6.07 Å². The van der Waals surface area contributed by atoms with Crippen molar-refractivity contribution in [3.63, 3.8) is 0 Å². The normalized spacial score (nSPS) is 16.0. The number of amides is 1. The molecule has 1 aromatic rings. The van der Waals surface area contributed by atoms with Crippen molar-refractivity contribution in [3.8, 4) is 0 Å². The molecule has 0 bridgehead atoms. The first-order valence-electron chi connectivity index (χ1n) is 7.19. The second kappa shape index (κ2) is 6.39. The van der Waals surface area contributed by atoms with Gasteiger partial charge >= 0.3 is 0 Å². The third-order valence-corrected chi connectivity index (χ3v) is 4.20. The molecule has 0 aromatic carbocycles. The Balaban J connectivity index is 2.20. The van der Waals surface area contributed by atoms with Crippen molar-refractivity contribution in [3.05, 3.63) is 23.0 Å². The van der Waals surface area contributed by atoms with Gasteiger partial charge in [0.15, 0.2) is 0 Å². The number of aryl methyl sites for hydroxylation is 2. The molecule has 0 unspecified atom stereocenters. The highest BCUT2D eigenvalue weighted by atomic mass is 32.1. The summed E-state index contributed by atoms with van der Waals surface area (Å²) in [7, 11) is 0. The van der Waals surface area contributed by atoms with Crippen molar-refractivity contribution in [2.75, 3.05) is 18.0 Å². The number of aromatic nitrogens is 1. The topological polar surface area (TPSA) is 85.2 Å². The molecular weight excluding hydrogens is 284 g/mol. The molecular formula is C15H22N4OS. The highest BCUT2D eigenvalue weighted by Crippen LogP contribution is 2.29. The molecule has 4 N–H and O–H groups in total. The van der Waals surface area contributed by atoms with E-state index in [-0.39, 0.29) is 5.91 Å². The van der Waals surface area contributed by atoms with E-state index in [1.807, 2.05) is 19.9 Å². The van der Waals surface area contributed by atoms with Gasteiger partial charge in [0.1, 0.15) is 4.99 Å². The van der Waals surface area contributed by atoms with Crippen LogP contribution in [0.1, 0.15) is 36.2 Å². The quantitative estimate of drug-likeness (QED) is 0.822. The van der Waals surface area contributed by atoms with Gasteiger partial charge < -0.3 is 16.4 Å². The molecule has 6 heteroatoms.